The van der Waals surface area contributed by atoms with E-state index in [1.807, 2.05) is 19.1 Å². The third kappa shape index (κ3) is 5.08. The molecule has 9 heteroatoms. The fourth-order valence-electron chi connectivity index (χ4n) is 4.15. The van der Waals surface area contributed by atoms with Gasteiger partial charge in [0.05, 0.1) is 29.0 Å². The van der Waals surface area contributed by atoms with E-state index in [1.165, 1.54) is 16.3 Å². The van der Waals surface area contributed by atoms with Gasteiger partial charge in [-0.05, 0) is 36.5 Å². The number of aromatic nitrogens is 5. The maximum absolute atomic E-state index is 13.9. The minimum Gasteiger partial charge on any atom is -0.348 e. The first-order valence-electron chi connectivity index (χ1n) is 11.5. The van der Waals surface area contributed by atoms with E-state index in [1.54, 1.807) is 31.0 Å². The van der Waals surface area contributed by atoms with Crippen LogP contribution in [0.5, 0.6) is 0 Å². The van der Waals surface area contributed by atoms with E-state index in [-0.39, 0.29) is 40.5 Å². The molecule has 0 aliphatic heterocycles. The van der Waals surface area contributed by atoms with Crippen molar-refractivity contribution in [2.45, 2.75) is 59.0 Å². The van der Waals surface area contributed by atoms with Crippen LogP contribution in [0.2, 0.25) is 0 Å². The van der Waals surface area contributed by atoms with Crippen LogP contribution in [0.25, 0.3) is 22.3 Å². The predicted molar refractivity (Wildman–Crippen MR) is 131 cm³/mol. The van der Waals surface area contributed by atoms with Crippen LogP contribution < -0.4 is 5.32 Å². The molecule has 4 rings (SSSR count). The Balaban J connectivity index is 1.61. The number of carbonyl (C=O) groups excluding carboxylic acids is 1. The lowest BCUT2D eigenvalue weighted by atomic mass is 9.86. The molecule has 1 amide bonds. The molecule has 0 spiro atoms. The Kier molecular flexibility index (Phi) is 6.44. The van der Waals surface area contributed by atoms with Crippen molar-refractivity contribution >= 4 is 16.9 Å². The number of pyridine rings is 1. The fourth-order valence-corrected chi connectivity index (χ4v) is 4.15. The Morgan fingerprint density at radius 3 is 2.43 bits per heavy atom. The molecular formula is C26H30F2N6O. The molecular weight excluding hydrogens is 450 g/mol. The molecule has 184 valence electrons. The number of alkyl halides is 2. The minimum absolute atomic E-state index is 0.0444. The number of benzene rings is 1. The van der Waals surface area contributed by atoms with Crippen molar-refractivity contribution in [2.75, 3.05) is 0 Å². The SMILES string of the molecule is Cc1nn(CC(=O)NC(C)c2ccc(C(C)(C)C)cc2)c2nc(-c3cnn(C)c3)cc(C(F)F)c12. The summed E-state index contributed by atoms with van der Waals surface area (Å²) in [5.41, 5.74) is 3.69. The zero-order valence-electron chi connectivity index (χ0n) is 20.8. The summed E-state index contributed by atoms with van der Waals surface area (Å²) in [6.07, 6.45) is 0.560. The van der Waals surface area contributed by atoms with E-state index in [2.05, 4.69) is 53.4 Å². The minimum atomic E-state index is -2.71. The van der Waals surface area contributed by atoms with Gasteiger partial charge in [0, 0.05) is 24.4 Å². The predicted octanol–water partition coefficient (Wildman–Crippen LogP) is 5.25. The first-order chi connectivity index (χ1) is 16.4. The van der Waals surface area contributed by atoms with Gasteiger partial charge in [-0.2, -0.15) is 10.2 Å². The number of nitrogens with one attached hydrogen (secondary N) is 1. The second kappa shape index (κ2) is 9.20. The molecule has 1 unspecified atom stereocenters. The second-order valence-electron chi connectivity index (χ2n) is 9.90. The molecule has 4 aromatic rings. The van der Waals surface area contributed by atoms with E-state index in [4.69, 9.17) is 0 Å². The lowest BCUT2D eigenvalue weighted by Crippen LogP contribution is -2.30. The van der Waals surface area contributed by atoms with E-state index < -0.39 is 6.43 Å². The summed E-state index contributed by atoms with van der Waals surface area (Å²) >= 11 is 0. The first-order valence-corrected chi connectivity index (χ1v) is 11.5. The topological polar surface area (TPSA) is 77.6 Å². The molecule has 0 radical (unpaired) electrons. The van der Waals surface area contributed by atoms with E-state index in [0.29, 0.717) is 17.0 Å². The number of halogens is 2. The molecule has 3 aromatic heterocycles. The summed E-state index contributed by atoms with van der Waals surface area (Å²) in [4.78, 5) is 17.5. The molecule has 1 N–H and O–H groups in total. The molecule has 7 nitrogen and oxygen atoms in total. The van der Waals surface area contributed by atoms with Crippen molar-refractivity contribution in [3.05, 3.63) is 65.1 Å². The van der Waals surface area contributed by atoms with Gasteiger partial charge >= 0.3 is 0 Å². The van der Waals surface area contributed by atoms with Crippen molar-refractivity contribution in [1.82, 2.24) is 29.9 Å². The average molecular weight is 481 g/mol. The number of rotatable bonds is 6. The third-order valence-corrected chi connectivity index (χ3v) is 6.09. The van der Waals surface area contributed by atoms with Gasteiger partial charge in [-0.3, -0.25) is 9.48 Å². The highest BCUT2D eigenvalue weighted by Crippen LogP contribution is 2.33. The molecule has 35 heavy (non-hydrogen) atoms. The smallest absolute Gasteiger partial charge is 0.264 e. The fraction of sp³-hybridized carbons (Fsp3) is 0.385. The van der Waals surface area contributed by atoms with E-state index in [0.717, 1.165) is 5.56 Å². The van der Waals surface area contributed by atoms with Gasteiger partial charge in [0.1, 0.15) is 6.54 Å². The summed E-state index contributed by atoms with van der Waals surface area (Å²) in [6, 6.07) is 9.29. The molecule has 1 atom stereocenters. The number of carbonyl (C=O) groups is 1. The lowest BCUT2D eigenvalue weighted by Gasteiger charge is -2.20. The summed E-state index contributed by atoms with van der Waals surface area (Å²) in [7, 11) is 1.74. The van der Waals surface area contributed by atoms with Crippen LogP contribution in [0.3, 0.4) is 0 Å². The Labute approximate surface area is 203 Å². The maximum Gasteiger partial charge on any atom is 0.264 e. The van der Waals surface area contributed by atoms with Gasteiger partial charge in [0.25, 0.3) is 6.43 Å². The number of amides is 1. The summed E-state index contributed by atoms with van der Waals surface area (Å²) in [5.74, 6) is -0.283. The van der Waals surface area contributed by atoms with E-state index >= 15 is 0 Å². The zero-order chi connectivity index (χ0) is 25.5. The van der Waals surface area contributed by atoms with Crippen molar-refractivity contribution < 1.29 is 13.6 Å². The number of hydrogen-bond donors (Lipinski definition) is 1. The summed E-state index contributed by atoms with van der Waals surface area (Å²) < 4.78 is 30.9. The Morgan fingerprint density at radius 2 is 1.86 bits per heavy atom. The van der Waals surface area contributed by atoms with Gasteiger partial charge in [-0.15, -0.1) is 0 Å². The van der Waals surface area contributed by atoms with Crippen molar-refractivity contribution in [3.63, 3.8) is 0 Å². The standard InChI is InChI=1S/C26H30F2N6O/c1-15(17-7-9-19(10-8-17)26(3,4)5)30-22(35)14-34-25-23(16(2)32-34)20(24(27)28)11-21(31-25)18-12-29-33(6)13-18/h7-13,15,24H,14H2,1-6H3,(H,30,35). The highest BCUT2D eigenvalue weighted by atomic mass is 19.3. The van der Waals surface area contributed by atoms with Gasteiger partial charge in [-0.25, -0.2) is 18.4 Å². The van der Waals surface area contributed by atoms with Crippen LogP contribution >= 0.6 is 0 Å². The average Bonchev–Trinajstić information content (AvgIpc) is 3.35. The Bertz CT molecular complexity index is 1370. The van der Waals surface area contributed by atoms with Gasteiger partial charge in [0.2, 0.25) is 5.91 Å². The van der Waals surface area contributed by atoms with Crippen LogP contribution in [-0.2, 0) is 23.8 Å². The third-order valence-electron chi connectivity index (χ3n) is 6.09. The van der Waals surface area contributed by atoms with Crippen LogP contribution in [0, 0.1) is 6.92 Å². The maximum atomic E-state index is 13.9. The van der Waals surface area contributed by atoms with Crippen LogP contribution in [0.1, 0.15) is 62.5 Å². The highest BCUT2D eigenvalue weighted by molar-refractivity contribution is 5.87. The first kappa shape index (κ1) is 24.5. The normalized spacial score (nSPS) is 12.9. The molecule has 0 aliphatic rings. The largest absolute Gasteiger partial charge is 0.348 e. The summed E-state index contributed by atoms with van der Waals surface area (Å²) in [5, 5.41) is 11.7. The van der Waals surface area contributed by atoms with Crippen molar-refractivity contribution in [1.29, 1.82) is 0 Å². The Hall–Kier alpha value is -3.62. The van der Waals surface area contributed by atoms with Crippen LogP contribution in [0.4, 0.5) is 8.78 Å². The van der Waals surface area contributed by atoms with Crippen molar-refractivity contribution in [3.8, 4) is 11.3 Å². The number of nitrogens with zero attached hydrogens (tertiary/aromatic N) is 5. The quantitative estimate of drug-likeness (QED) is 0.409. The molecule has 0 aliphatic carbocycles. The molecule has 0 fully saturated rings. The monoisotopic (exact) mass is 480 g/mol. The van der Waals surface area contributed by atoms with Crippen LogP contribution in [-0.4, -0.2) is 30.5 Å². The molecule has 3 heterocycles. The van der Waals surface area contributed by atoms with Gasteiger partial charge in [-0.1, -0.05) is 45.0 Å². The second-order valence-corrected chi connectivity index (χ2v) is 9.90. The zero-order valence-corrected chi connectivity index (χ0v) is 20.8. The molecule has 0 saturated heterocycles. The van der Waals surface area contributed by atoms with Crippen molar-refractivity contribution in [2.24, 2.45) is 7.05 Å². The number of fused-ring (bicyclic) bond motifs is 1. The number of hydrogen-bond acceptors (Lipinski definition) is 4. The molecule has 0 bridgehead atoms. The summed E-state index contributed by atoms with van der Waals surface area (Å²) in [6.45, 7) is 9.86. The van der Waals surface area contributed by atoms with Crippen LogP contribution in [0.15, 0.2) is 42.7 Å². The van der Waals surface area contributed by atoms with E-state index in [9.17, 15) is 13.6 Å². The lowest BCUT2D eigenvalue weighted by molar-refractivity contribution is -0.122. The molecule has 1 aromatic carbocycles. The Morgan fingerprint density at radius 1 is 1.17 bits per heavy atom. The highest BCUT2D eigenvalue weighted by Gasteiger charge is 2.23. The number of aryl methyl sites for hydroxylation is 2. The van der Waals surface area contributed by atoms with Gasteiger partial charge < -0.3 is 5.32 Å². The van der Waals surface area contributed by atoms with Gasteiger partial charge in [0.15, 0.2) is 5.65 Å². The molecule has 0 saturated carbocycles.